The minimum Gasteiger partial charge on any atom is -0.308 e. The molecule has 0 bridgehead atoms. The number of aromatic nitrogens is 4. The average molecular weight is 327 g/mol. The molecular weight excluding hydrogens is 310 g/mol. The fraction of sp³-hybridized carbons (Fsp3) is 0.438. The van der Waals surface area contributed by atoms with E-state index in [0.29, 0.717) is 10.6 Å². The normalized spacial score (nSPS) is 29.1. The van der Waals surface area contributed by atoms with E-state index in [1.54, 1.807) is 6.20 Å². The maximum absolute atomic E-state index is 12.5. The molecule has 4 heterocycles. The Hall–Kier alpha value is -1.99. The van der Waals surface area contributed by atoms with Crippen molar-refractivity contribution in [3.05, 3.63) is 34.1 Å². The van der Waals surface area contributed by atoms with Gasteiger partial charge < -0.3 is 10.3 Å². The zero-order valence-corrected chi connectivity index (χ0v) is 13.7. The third-order valence-corrected chi connectivity index (χ3v) is 6.54. The van der Waals surface area contributed by atoms with Gasteiger partial charge in [0.15, 0.2) is 0 Å². The molecule has 118 valence electrons. The zero-order chi connectivity index (χ0) is 15.7. The maximum atomic E-state index is 12.5. The Kier molecular flexibility index (Phi) is 2.64. The first-order chi connectivity index (χ1) is 11.1. The summed E-state index contributed by atoms with van der Waals surface area (Å²) >= 11 is 1.47. The van der Waals surface area contributed by atoms with Gasteiger partial charge >= 0.3 is 0 Å². The fourth-order valence-corrected chi connectivity index (χ4v) is 5.03. The van der Waals surface area contributed by atoms with Crippen molar-refractivity contribution < 1.29 is 0 Å². The number of hydrogen-bond acceptors (Lipinski definition) is 5. The van der Waals surface area contributed by atoms with Crippen LogP contribution < -0.4 is 10.9 Å². The first-order valence-electron chi connectivity index (χ1n) is 7.91. The second-order valence-electron chi connectivity index (χ2n) is 6.67. The van der Waals surface area contributed by atoms with Gasteiger partial charge in [-0.25, -0.2) is 4.98 Å². The summed E-state index contributed by atoms with van der Waals surface area (Å²) in [5, 5.41) is 10.5. The average Bonchev–Trinajstić information content (AvgIpc) is 3.01. The third-order valence-electron chi connectivity index (χ3n) is 5.39. The van der Waals surface area contributed by atoms with Crippen LogP contribution in [0.3, 0.4) is 0 Å². The number of aromatic amines is 2. The van der Waals surface area contributed by atoms with Crippen LogP contribution in [0.15, 0.2) is 17.1 Å². The van der Waals surface area contributed by atoms with Gasteiger partial charge in [-0.15, -0.1) is 11.3 Å². The molecular formula is C16H17N5OS. The molecule has 3 N–H and O–H groups in total. The van der Waals surface area contributed by atoms with Crippen LogP contribution in [0.2, 0.25) is 0 Å². The van der Waals surface area contributed by atoms with E-state index < -0.39 is 0 Å². The summed E-state index contributed by atoms with van der Waals surface area (Å²) < 4.78 is 0.683. The van der Waals surface area contributed by atoms with Crippen molar-refractivity contribution in [2.24, 2.45) is 17.8 Å². The lowest BCUT2D eigenvalue weighted by Gasteiger charge is -2.13. The zero-order valence-electron chi connectivity index (χ0n) is 12.9. The van der Waals surface area contributed by atoms with Gasteiger partial charge in [0.1, 0.15) is 10.5 Å². The minimum absolute atomic E-state index is 0.0408. The summed E-state index contributed by atoms with van der Waals surface area (Å²) in [5.74, 6) is 2.87. The van der Waals surface area contributed by atoms with Crippen molar-refractivity contribution in [1.82, 2.24) is 25.5 Å². The molecule has 2 aliphatic rings. The van der Waals surface area contributed by atoms with Crippen LogP contribution in [0.1, 0.15) is 24.5 Å². The summed E-state index contributed by atoms with van der Waals surface area (Å²) in [6.45, 7) is 5.29. The van der Waals surface area contributed by atoms with Crippen LogP contribution >= 0.6 is 11.3 Å². The predicted octanol–water partition coefficient (Wildman–Crippen LogP) is 2.21. The smallest absolute Gasteiger partial charge is 0.268 e. The molecule has 4 atom stereocenters. The molecule has 1 unspecified atom stereocenters. The van der Waals surface area contributed by atoms with Gasteiger partial charge in [-0.1, -0.05) is 6.92 Å². The molecule has 7 heteroatoms. The van der Waals surface area contributed by atoms with Gasteiger partial charge in [0, 0.05) is 16.1 Å². The van der Waals surface area contributed by atoms with E-state index in [9.17, 15) is 4.79 Å². The molecule has 1 saturated carbocycles. The highest BCUT2D eigenvalue weighted by Gasteiger charge is 2.56. The molecule has 0 spiro atoms. The van der Waals surface area contributed by atoms with Gasteiger partial charge in [-0.3, -0.25) is 9.89 Å². The SMILES string of the molecule is Cc1[nH]ncc1-c1cc2nc([C@@H]3NC[C@H]4C3[C@H]4C)[nH]c(=O)c2s1. The Labute approximate surface area is 136 Å². The van der Waals surface area contributed by atoms with Crippen LogP contribution in [-0.2, 0) is 0 Å². The molecule has 5 rings (SSSR count). The number of nitrogens with zero attached hydrogens (tertiary/aromatic N) is 2. The topological polar surface area (TPSA) is 86.5 Å². The molecule has 3 aromatic heterocycles. The number of H-pyrrole nitrogens is 2. The molecule has 1 saturated heterocycles. The lowest BCUT2D eigenvalue weighted by molar-refractivity contribution is 0.488. The van der Waals surface area contributed by atoms with E-state index in [2.05, 4.69) is 27.4 Å². The lowest BCUT2D eigenvalue weighted by atomic mass is 10.1. The summed E-state index contributed by atoms with van der Waals surface area (Å²) in [7, 11) is 0. The van der Waals surface area contributed by atoms with Crippen LogP contribution in [0, 0.1) is 24.7 Å². The van der Waals surface area contributed by atoms with Crippen molar-refractivity contribution in [2.75, 3.05) is 6.54 Å². The number of piperidine rings is 1. The predicted molar refractivity (Wildman–Crippen MR) is 89.4 cm³/mol. The second-order valence-corrected chi connectivity index (χ2v) is 7.72. The van der Waals surface area contributed by atoms with Crippen LogP contribution in [0.25, 0.3) is 20.7 Å². The van der Waals surface area contributed by atoms with E-state index in [1.807, 2.05) is 13.0 Å². The minimum atomic E-state index is -0.0408. The monoisotopic (exact) mass is 327 g/mol. The van der Waals surface area contributed by atoms with E-state index in [-0.39, 0.29) is 11.6 Å². The van der Waals surface area contributed by atoms with Crippen LogP contribution in [0.5, 0.6) is 0 Å². The van der Waals surface area contributed by atoms with Crippen molar-refractivity contribution >= 4 is 21.6 Å². The number of nitrogens with one attached hydrogen (secondary N) is 3. The van der Waals surface area contributed by atoms with Crippen LogP contribution in [0.4, 0.5) is 0 Å². The number of thiophene rings is 1. The Balaban J connectivity index is 1.62. The second kappa shape index (κ2) is 4.52. The van der Waals surface area contributed by atoms with Gasteiger partial charge in [0.05, 0.1) is 17.8 Å². The number of rotatable bonds is 2. The first-order valence-corrected chi connectivity index (χ1v) is 8.72. The Bertz CT molecular complexity index is 970. The number of aryl methyl sites for hydroxylation is 1. The Morgan fingerprint density at radius 2 is 2.26 bits per heavy atom. The number of fused-ring (bicyclic) bond motifs is 2. The summed E-state index contributed by atoms with van der Waals surface area (Å²) in [6, 6.07) is 2.19. The third kappa shape index (κ3) is 1.86. The molecule has 1 aliphatic heterocycles. The van der Waals surface area contributed by atoms with Gasteiger partial charge in [-0.2, -0.15) is 5.10 Å². The van der Waals surface area contributed by atoms with Crippen molar-refractivity contribution in [3.63, 3.8) is 0 Å². The highest BCUT2D eigenvalue weighted by molar-refractivity contribution is 7.22. The molecule has 0 amide bonds. The van der Waals surface area contributed by atoms with Crippen molar-refractivity contribution in [3.8, 4) is 10.4 Å². The van der Waals surface area contributed by atoms with Crippen LogP contribution in [-0.4, -0.2) is 26.7 Å². The van der Waals surface area contributed by atoms with E-state index in [0.717, 1.165) is 45.9 Å². The Morgan fingerprint density at radius 3 is 2.96 bits per heavy atom. The Morgan fingerprint density at radius 1 is 1.39 bits per heavy atom. The molecule has 0 radical (unpaired) electrons. The van der Waals surface area contributed by atoms with Gasteiger partial charge in [-0.05, 0) is 37.3 Å². The molecule has 3 aromatic rings. The van der Waals surface area contributed by atoms with Gasteiger partial charge in [0.25, 0.3) is 5.56 Å². The highest BCUT2D eigenvalue weighted by Crippen LogP contribution is 2.56. The highest BCUT2D eigenvalue weighted by atomic mass is 32.1. The largest absolute Gasteiger partial charge is 0.308 e. The molecule has 1 aliphatic carbocycles. The van der Waals surface area contributed by atoms with Crippen molar-refractivity contribution in [2.45, 2.75) is 19.9 Å². The first kappa shape index (κ1) is 13.4. The van der Waals surface area contributed by atoms with Gasteiger partial charge in [0.2, 0.25) is 0 Å². The fourth-order valence-electron chi connectivity index (χ4n) is 3.97. The molecule has 23 heavy (non-hydrogen) atoms. The van der Waals surface area contributed by atoms with Crippen molar-refractivity contribution in [1.29, 1.82) is 0 Å². The molecule has 6 nitrogen and oxygen atoms in total. The summed E-state index contributed by atoms with van der Waals surface area (Å²) in [4.78, 5) is 21.3. The van der Waals surface area contributed by atoms with E-state index >= 15 is 0 Å². The molecule has 2 fully saturated rings. The summed E-state index contributed by atoms with van der Waals surface area (Å²) in [6.07, 6.45) is 1.80. The van der Waals surface area contributed by atoms with E-state index in [4.69, 9.17) is 4.98 Å². The lowest BCUT2D eigenvalue weighted by Crippen LogP contribution is -2.24. The molecule has 0 aromatic carbocycles. The number of hydrogen-bond donors (Lipinski definition) is 3. The standard InChI is InChI=1S/C16H17N5OS/c1-6-8-4-17-13(12(6)8)15-19-10-3-11(9-5-18-21-7(9)2)23-14(10)16(22)20-15/h3,5-6,8,12-13,17H,4H2,1-2H3,(H,18,21)(H,19,20,22)/t6-,8+,12?,13+/m0/s1. The quantitative estimate of drug-likeness (QED) is 0.673. The summed E-state index contributed by atoms with van der Waals surface area (Å²) in [5.41, 5.74) is 2.77. The maximum Gasteiger partial charge on any atom is 0.268 e. The van der Waals surface area contributed by atoms with E-state index in [1.165, 1.54) is 11.3 Å².